The number of rotatable bonds is 4. The average molecular weight is 477 g/mol. The number of benzene rings is 2. The Morgan fingerprint density at radius 1 is 1.06 bits per heavy atom. The number of hydrogen-bond acceptors (Lipinski definition) is 5. The Hall–Kier alpha value is -3.81. The molecule has 1 aliphatic carbocycles. The molecular formula is C27H25FN2O5. The maximum Gasteiger partial charge on any atom is 0.316 e. The molecule has 0 saturated carbocycles. The fourth-order valence-corrected chi connectivity index (χ4v) is 5.26. The summed E-state index contributed by atoms with van der Waals surface area (Å²) in [6, 6.07) is 10.3. The minimum absolute atomic E-state index is 0.000619. The zero-order chi connectivity index (χ0) is 24.9. The number of allylic oxidation sites excluding steroid dienone is 2. The van der Waals surface area contributed by atoms with E-state index in [4.69, 9.17) is 4.74 Å². The van der Waals surface area contributed by atoms with Crippen molar-refractivity contribution in [3.63, 3.8) is 0 Å². The Morgan fingerprint density at radius 2 is 1.80 bits per heavy atom. The van der Waals surface area contributed by atoms with Crippen LogP contribution >= 0.6 is 0 Å². The number of hydrogen-bond donors (Lipinski definition) is 0. The summed E-state index contributed by atoms with van der Waals surface area (Å²) in [6.07, 6.45) is 4.50. The van der Waals surface area contributed by atoms with Gasteiger partial charge in [0.15, 0.2) is 0 Å². The number of aryl methyl sites for hydroxylation is 1. The number of esters is 1. The van der Waals surface area contributed by atoms with Gasteiger partial charge in [-0.3, -0.25) is 19.2 Å². The lowest BCUT2D eigenvalue weighted by molar-refractivity contribution is -0.139. The molecule has 0 aromatic heterocycles. The number of nitrogens with zero attached hydrogens (tertiary/aromatic N) is 2. The second-order valence-electron chi connectivity index (χ2n) is 9.42. The van der Waals surface area contributed by atoms with E-state index in [1.807, 2.05) is 19.1 Å². The lowest BCUT2D eigenvalue weighted by Crippen LogP contribution is -2.32. The summed E-state index contributed by atoms with van der Waals surface area (Å²) in [5.41, 5.74) is 1.64. The maximum atomic E-state index is 13.2. The molecule has 2 aromatic carbocycles. The number of amides is 3. The average Bonchev–Trinajstić information content (AvgIpc) is 3.33. The molecule has 35 heavy (non-hydrogen) atoms. The van der Waals surface area contributed by atoms with E-state index in [-0.39, 0.29) is 54.2 Å². The molecule has 2 aliphatic heterocycles. The van der Waals surface area contributed by atoms with Gasteiger partial charge in [0.1, 0.15) is 11.6 Å². The Morgan fingerprint density at radius 3 is 2.49 bits per heavy atom. The van der Waals surface area contributed by atoms with Crippen molar-refractivity contribution in [2.24, 2.45) is 23.7 Å². The van der Waals surface area contributed by atoms with Crippen LogP contribution in [0.3, 0.4) is 0 Å². The number of ether oxygens (including phenoxy) is 1. The molecule has 3 aliphatic rings. The smallest absolute Gasteiger partial charge is 0.316 e. The summed E-state index contributed by atoms with van der Waals surface area (Å²) in [7, 11) is 0. The molecule has 2 aromatic rings. The highest BCUT2D eigenvalue weighted by atomic mass is 19.1. The van der Waals surface area contributed by atoms with Gasteiger partial charge in [-0.1, -0.05) is 19.1 Å². The van der Waals surface area contributed by atoms with Crippen LogP contribution < -0.4 is 14.5 Å². The topological polar surface area (TPSA) is 84.0 Å². The SMILES string of the molecule is Cc1cc(OC(=O)[C@@H]2CC(=O)N(c3ccc(F)cc3)C2)ccc1N1C(=O)[C@H]2[C@@H](C)C=CC[C@H]2C1=O. The standard InChI is InChI=1S/C27H25FN2O5/c1-15-4-3-5-21-24(15)26(33)30(25(21)32)22-11-10-20(12-16(22)2)35-27(34)17-13-23(31)29(14-17)19-8-6-18(28)7-9-19/h3-4,6-12,15,17,21,24H,5,13-14H2,1-2H3/t15-,17+,21+,24-/m0/s1. The van der Waals surface area contributed by atoms with Crippen molar-refractivity contribution in [2.45, 2.75) is 26.7 Å². The zero-order valence-electron chi connectivity index (χ0n) is 19.4. The van der Waals surface area contributed by atoms with Gasteiger partial charge in [0.05, 0.1) is 23.4 Å². The molecule has 2 fully saturated rings. The predicted octanol–water partition coefficient (Wildman–Crippen LogP) is 3.79. The lowest BCUT2D eigenvalue weighted by Gasteiger charge is -2.22. The summed E-state index contributed by atoms with van der Waals surface area (Å²) in [5.74, 6) is -2.67. The summed E-state index contributed by atoms with van der Waals surface area (Å²) in [4.78, 5) is 54.0. The third-order valence-electron chi connectivity index (χ3n) is 7.10. The highest BCUT2D eigenvalue weighted by Gasteiger charge is 2.50. The van der Waals surface area contributed by atoms with Gasteiger partial charge in [-0.2, -0.15) is 0 Å². The molecule has 7 nitrogen and oxygen atoms in total. The van der Waals surface area contributed by atoms with E-state index in [1.165, 1.54) is 34.1 Å². The van der Waals surface area contributed by atoms with Gasteiger partial charge in [-0.15, -0.1) is 0 Å². The van der Waals surface area contributed by atoms with E-state index >= 15 is 0 Å². The third-order valence-corrected chi connectivity index (χ3v) is 7.10. The van der Waals surface area contributed by atoms with Crippen LogP contribution in [0.25, 0.3) is 0 Å². The highest BCUT2D eigenvalue weighted by molar-refractivity contribution is 6.22. The molecular weight excluding hydrogens is 451 g/mol. The van der Waals surface area contributed by atoms with Crippen molar-refractivity contribution in [2.75, 3.05) is 16.3 Å². The fraction of sp³-hybridized carbons (Fsp3) is 0.333. The molecule has 2 saturated heterocycles. The predicted molar refractivity (Wildman–Crippen MR) is 126 cm³/mol. The molecule has 0 unspecified atom stereocenters. The van der Waals surface area contributed by atoms with E-state index in [0.29, 0.717) is 23.4 Å². The molecule has 0 N–H and O–H groups in total. The highest BCUT2D eigenvalue weighted by Crippen LogP contribution is 2.41. The second-order valence-corrected chi connectivity index (χ2v) is 9.42. The zero-order valence-corrected chi connectivity index (χ0v) is 19.4. The number of halogens is 1. The Kier molecular flexibility index (Phi) is 5.75. The van der Waals surface area contributed by atoms with Crippen LogP contribution in [0, 0.1) is 36.4 Å². The van der Waals surface area contributed by atoms with Gasteiger partial charge in [0.25, 0.3) is 0 Å². The second kappa shape index (κ2) is 8.76. The van der Waals surface area contributed by atoms with Gasteiger partial charge in [0.2, 0.25) is 17.7 Å². The minimum atomic E-state index is -0.661. The van der Waals surface area contributed by atoms with Crippen molar-refractivity contribution in [3.8, 4) is 5.75 Å². The number of imide groups is 1. The number of carbonyl (C=O) groups excluding carboxylic acids is 4. The first-order valence-corrected chi connectivity index (χ1v) is 11.7. The first-order valence-electron chi connectivity index (χ1n) is 11.7. The van der Waals surface area contributed by atoms with Crippen LogP contribution in [-0.2, 0) is 19.2 Å². The number of carbonyl (C=O) groups is 4. The molecule has 3 amide bonds. The van der Waals surface area contributed by atoms with Crippen molar-refractivity contribution in [1.82, 2.24) is 0 Å². The Balaban J connectivity index is 1.28. The molecule has 180 valence electrons. The Labute approximate surface area is 202 Å². The van der Waals surface area contributed by atoms with Gasteiger partial charge < -0.3 is 9.64 Å². The molecule has 2 heterocycles. The van der Waals surface area contributed by atoms with Crippen molar-refractivity contribution in [1.29, 1.82) is 0 Å². The quantitative estimate of drug-likeness (QED) is 0.290. The maximum absolute atomic E-state index is 13.2. The summed E-state index contributed by atoms with van der Waals surface area (Å²) >= 11 is 0. The Bertz CT molecular complexity index is 1250. The third kappa shape index (κ3) is 4.03. The minimum Gasteiger partial charge on any atom is -0.426 e. The van der Waals surface area contributed by atoms with Crippen LogP contribution in [0.1, 0.15) is 25.3 Å². The molecule has 0 spiro atoms. The van der Waals surface area contributed by atoms with E-state index < -0.39 is 17.7 Å². The molecule has 0 bridgehead atoms. The van der Waals surface area contributed by atoms with E-state index in [1.54, 1.807) is 25.1 Å². The largest absolute Gasteiger partial charge is 0.426 e. The van der Waals surface area contributed by atoms with E-state index in [2.05, 4.69) is 0 Å². The van der Waals surface area contributed by atoms with Crippen LogP contribution in [-0.4, -0.2) is 30.2 Å². The molecule has 5 rings (SSSR count). The van der Waals surface area contributed by atoms with Crippen molar-refractivity contribution < 1.29 is 28.3 Å². The first kappa shape index (κ1) is 23.0. The van der Waals surface area contributed by atoms with Crippen LogP contribution in [0.5, 0.6) is 5.75 Å². The fourth-order valence-electron chi connectivity index (χ4n) is 5.26. The van der Waals surface area contributed by atoms with Gasteiger partial charge in [-0.25, -0.2) is 9.29 Å². The normalized spacial score (nSPS) is 25.9. The summed E-state index contributed by atoms with van der Waals surface area (Å²) < 4.78 is 18.7. The van der Waals surface area contributed by atoms with Crippen LogP contribution in [0.15, 0.2) is 54.6 Å². The monoisotopic (exact) mass is 476 g/mol. The number of anilines is 2. The van der Waals surface area contributed by atoms with Crippen LogP contribution in [0.4, 0.5) is 15.8 Å². The van der Waals surface area contributed by atoms with Gasteiger partial charge in [-0.05, 0) is 67.3 Å². The van der Waals surface area contributed by atoms with Gasteiger partial charge in [0, 0.05) is 18.7 Å². The first-order chi connectivity index (χ1) is 16.7. The van der Waals surface area contributed by atoms with E-state index in [9.17, 15) is 23.6 Å². The molecule has 8 heteroatoms. The molecule has 0 radical (unpaired) electrons. The van der Waals surface area contributed by atoms with Crippen molar-refractivity contribution in [3.05, 3.63) is 66.0 Å². The summed E-state index contributed by atoms with van der Waals surface area (Å²) in [5, 5.41) is 0. The van der Waals surface area contributed by atoms with E-state index in [0.717, 1.165) is 0 Å². The van der Waals surface area contributed by atoms with Crippen molar-refractivity contribution >= 4 is 35.1 Å². The van der Waals surface area contributed by atoms with Crippen LogP contribution in [0.2, 0.25) is 0 Å². The lowest BCUT2D eigenvalue weighted by atomic mass is 9.78. The number of fused-ring (bicyclic) bond motifs is 1. The van der Waals surface area contributed by atoms with Gasteiger partial charge >= 0.3 is 5.97 Å². The molecule has 4 atom stereocenters. The summed E-state index contributed by atoms with van der Waals surface area (Å²) in [6.45, 7) is 3.85.